The minimum absolute atomic E-state index is 0.925. The smallest absolute Gasteiger partial charge is 0.0987 e. The number of aromatic nitrogens is 2. The van der Waals surface area contributed by atoms with Gasteiger partial charge in [0, 0.05) is 18.5 Å². The zero-order chi connectivity index (χ0) is 14.5. The molecule has 0 bridgehead atoms. The molecule has 0 aliphatic heterocycles. The SMILES string of the molecule is CCCNCc1cc(C)ccc1Sc1cc(C)nn1C. The summed E-state index contributed by atoms with van der Waals surface area (Å²) >= 11 is 1.79. The summed E-state index contributed by atoms with van der Waals surface area (Å²) < 4.78 is 1.95. The van der Waals surface area contributed by atoms with E-state index in [1.54, 1.807) is 11.8 Å². The molecule has 4 heteroatoms. The Balaban J connectivity index is 2.19. The Bertz CT molecular complexity index is 575. The summed E-state index contributed by atoms with van der Waals surface area (Å²) in [5.41, 5.74) is 3.74. The lowest BCUT2D eigenvalue weighted by Gasteiger charge is -2.11. The van der Waals surface area contributed by atoms with E-state index in [1.165, 1.54) is 21.0 Å². The minimum atomic E-state index is 0.925. The van der Waals surface area contributed by atoms with Gasteiger partial charge in [0.25, 0.3) is 0 Å². The summed E-state index contributed by atoms with van der Waals surface area (Å²) in [6, 6.07) is 8.79. The number of nitrogens with one attached hydrogen (secondary N) is 1. The van der Waals surface area contributed by atoms with Gasteiger partial charge in [0.15, 0.2) is 0 Å². The third-order valence-corrected chi connectivity index (χ3v) is 4.34. The maximum atomic E-state index is 4.41. The zero-order valence-electron chi connectivity index (χ0n) is 12.7. The fourth-order valence-corrected chi connectivity index (χ4v) is 3.17. The van der Waals surface area contributed by atoms with Crippen molar-refractivity contribution in [1.29, 1.82) is 0 Å². The first-order valence-electron chi connectivity index (χ1n) is 7.09. The molecular weight excluding hydrogens is 266 g/mol. The monoisotopic (exact) mass is 289 g/mol. The Morgan fingerprint density at radius 1 is 1.25 bits per heavy atom. The lowest BCUT2D eigenvalue weighted by molar-refractivity contribution is 0.668. The van der Waals surface area contributed by atoms with Crippen molar-refractivity contribution in [3.05, 3.63) is 41.1 Å². The molecule has 20 heavy (non-hydrogen) atoms. The molecule has 3 nitrogen and oxygen atoms in total. The Morgan fingerprint density at radius 3 is 2.70 bits per heavy atom. The third-order valence-electron chi connectivity index (χ3n) is 3.13. The van der Waals surface area contributed by atoms with E-state index in [0.29, 0.717) is 0 Å². The van der Waals surface area contributed by atoms with Gasteiger partial charge in [0.1, 0.15) is 0 Å². The van der Waals surface area contributed by atoms with E-state index in [9.17, 15) is 0 Å². The van der Waals surface area contributed by atoms with Crippen LogP contribution in [-0.2, 0) is 13.6 Å². The van der Waals surface area contributed by atoms with Gasteiger partial charge in [-0.2, -0.15) is 5.10 Å². The van der Waals surface area contributed by atoms with E-state index in [1.807, 2.05) is 18.7 Å². The van der Waals surface area contributed by atoms with Gasteiger partial charge in [-0.1, -0.05) is 36.4 Å². The van der Waals surface area contributed by atoms with E-state index in [0.717, 1.165) is 25.2 Å². The van der Waals surface area contributed by atoms with Crippen LogP contribution in [0, 0.1) is 13.8 Å². The molecule has 2 rings (SSSR count). The van der Waals surface area contributed by atoms with Gasteiger partial charge >= 0.3 is 0 Å². The van der Waals surface area contributed by atoms with Gasteiger partial charge in [-0.25, -0.2) is 0 Å². The first-order valence-corrected chi connectivity index (χ1v) is 7.90. The lowest BCUT2D eigenvalue weighted by atomic mass is 10.1. The summed E-state index contributed by atoms with van der Waals surface area (Å²) in [5.74, 6) is 0. The maximum Gasteiger partial charge on any atom is 0.0987 e. The van der Waals surface area contributed by atoms with Crippen LogP contribution < -0.4 is 5.32 Å². The van der Waals surface area contributed by atoms with E-state index in [2.05, 4.69) is 48.5 Å². The molecule has 0 saturated carbocycles. The summed E-state index contributed by atoms with van der Waals surface area (Å²) in [6.45, 7) is 8.35. The van der Waals surface area contributed by atoms with Crippen molar-refractivity contribution in [2.75, 3.05) is 6.54 Å². The second kappa shape index (κ2) is 6.95. The van der Waals surface area contributed by atoms with Crippen molar-refractivity contribution < 1.29 is 0 Å². The number of nitrogens with zero attached hydrogens (tertiary/aromatic N) is 2. The van der Waals surface area contributed by atoms with Crippen LogP contribution in [0.2, 0.25) is 0 Å². The maximum absolute atomic E-state index is 4.41. The molecule has 108 valence electrons. The van der Waals surface area contributed by atoms with Crippen molar-refractivity contribution in [1.82, 2.24) is 15.1 Å². The molecule has 0 spiro atoms. The molecule has 1 heterocycles. The van der Waals surface area contributed by atoms with E-state index in [4.69, 9.17) is 0 Å². The van der Waals surface area contributed by atoms with Crippen LogP contribution in [0.25, 0.3) is 0 Å². The highest BCUT2D eigenvalue weighted by Crippen LogP contribution is 2.31. The molecule has 2 aromatic rings. The number of benzene rings is 1. The molecule has 1 aromatic heterocycles. The zero-order valence-corrected chi connectivity index (χ0v) is 13.5. The van der Waals surface area contributed by atoms with E-state index in [-0.39, 0.29) is 0 Å². The van der Waals surface area contributed by atoms with Crippen molar-refractivity contribution in [2.45, 2.75) is 43.7 Å². The summed E-state index contributed by atoms with van der Waals surface area (Å²) in [7, 11) is 2.00. The van der Waals surface area contributed by atoms with Crippen molar-refractivity contribution in [3.63, 3.8) is 0 Å². The highest BCUT2D eigenvalue weighted by molar-refractivity contribution is 7.99. The molecule has 0 atom stereocenters. The fraction of sp³-hybridized carbons (Fsp3) is 0.438. The molecule has 0 unspecified atom stereocenters. The second-order valence-corrected chi connectivity index (χ2v) is 6.20. The van der Waals surface area contributed by atoms with Gasteiger partial charge in [-0.15, -0.1) is 0 Å². The molecule has 0 aliphatic carbocycles. The molecule has 0 amide bonds. The van der Waals surface area contributed by atoms with Crippen LogP contribution in [0.5, 0.6) is 0 Å². The number of rotatable bonds is 6. The van der Waals surface area contributed by atoms with Crippen molar-refractivity contribution >= 4 is 11.8 Å². The van der Waals surface area contributed by atoms with Crippen molar-refractivity contribution in [3.8, 4) is 0 Å². The standard InChI is InChI=1S/C16H23N3S/c1-5-8-17-11-14-9-12(2)6-7-15(14)20-16-10-13(3)18-19(16)4/h6-7,9-10,17H,5,8,11H2,1-4H3. The predicted octanol–water partition coefficient (Wildman–Crippen LogP) is 3.69. The average Bonchev–Trinajstić information content (AvgIpc) is 2.71. The van der Waals surface area contributed by atoms with Gasteiger partial charge in [-0.3, -0.25) is 4.68 Å². The number of hydrogen-bond donors (Lipinski definition) is 1. The van der Waals surface area contributed by atoms with Crippen LogP contribution >= 0.6 is 11.8 Å². The van der Waals surface area contributed by atoms with E-state index < -0.39 is 0 Å². The highest BCUT2D eigenvalue weighted by Gasteiger charge is 2.08. The summed E-state index contributed by atoms with van der Waals surface area (Å²) in [5, 5.41) is 9.08. The van der Waals surface area contributed by atoms with Crippen LogP contribution in [0.1, 0.15) is 30.2 Å². The lowest BCUT2D eigenvalue weighted by Crippen LogP contribution is -2.14. The quantitative estimate of drug-likeness (QED) is 0.823. The van der Waals surface area contributed by atoms with Crippen LogP contribution in [0.15, 0.2) is 34.2 Å². The Labute approximate surface area is 125 Å². The third kappa shape index (κ3) is 3.87. The summed E-state index contributed by atoms with van der Waals surface area (Å²) in [4.78, 5) is 1.31. The van der Waals surface area contributed by atoms with Crippen LogP contribution in [0.3, 0.4) is 0 Å². The predicted molar refractivity (Wildman–Crippen MR) is 85.2 cm³/mol. The Kier molecular flexibility index (Phi) is 5.26. The molecule has 0 radical (unpaired) electrons. The Morgan fingerprint density at radius 2 is 2.05 bits per heavy atom. The molecule has 0 fully saturated rings. The molecule has 1 N–H and O–H groups in total. The normalized spacial score (nSPS) is 11.0. The molecular formula is C16H23N3S. The first kappa shape index (κ1) is 15.1. The molecule has 0 aliphatic rings. The fourth-order valence-electron chi connectivity index (χ4n) is 2.14. The largest absolute Gasteiger partial charge is 0.313 e. The van der Waals surface area contributed by atoms with E-state index >= 15 is 0 Å². The van der Waals surface area contributed by atoms with Crippen LogP contribution in [-0.4, -0.2) is 16.3 Å². The Hall–Kier alpha value is -1.26. The first-order chi connectivity index (χ1) is 9.60. The van der Waals surface area contributed by atoms with Gasteiger partial charge < -0.3 is 5.32 Å². The second-order valence-electron chi connectivity index (χ2n) is 5.14. The average molecular weight is 289 g/mol. The topological polar surface area (TPSA) is 29.9 Å². The van der Waals surface area contributed by atoms with Crippen LogP contribution in [0.4, 0.5) is 0 Å². The minimum Gasteiger partial charge on any atom is -0.313 e. The number of hydrogen-bond acceptors (Lipinski definition) is 3. The van der Waals surface area contributed by atoms with Gasteiger partial charge in [0.2, 0.25) is 0 Å². The highest BCUT2D eigenvalue weighted by atomic mass is 32.2. The van der Waals surface area contributed by atoms with Gasteiger partial charge in [-0.05, 0) is 44.5 Å². The summed E-state index contributed by atoms with van der Waals surface area (Å²) in [6.07, 6.45) is 1.16. The molecule has 0 saturated heterocycles. The van der Waals surface area contributed by atoms with Crippen molar-refractivity contribution in [2.24, 2.45) is 7.05 Å². The molecule has 1 aromatic carbocycles. The number of aryl methyl sites for hydroxylation is 3. The van der Waals surface area contributed by atoms with Gasteiger partial charge in [0.05, 0.1) is 10.7 Å².